The first kappa shape index (κ1) is 12.2. The predicted octanol–water partition coefficient (Wildman–Crippen LogP) is 3.07. The molecule has 0 aliphatic carbocycles. The van der Waals surface area contributed by atoms with Gasteiger partial charge in [-0.15, -0.1) is 0 Å². The van der Waals surface area contributed by atoms with E-state index in [1.807, 2.05) is 6.92 Å². The maximum absolute atomic E-state index is 11.2. The molecule has 1 atom stereocenters. The van der Waals surface area contributed by atoms with Crippen molar-refractivity contribution in [3.63, 3.8) is 0 Å². The van der Waals surface area contributed by atoms with E-state index in [-0.39, 0.29) is 12.1 Å². The van der Waals surface area contributed by atoms with Gasteiger partial charge < -0.3 is 4.74 Å². The lowest BCUT2D eigenvalue weighted by Crippen LogP contribution is -2.17. The average Bonchev–Trinajstić information content (AvgIpc) is 2.11. The summed E-state index contributed by atoms with van der Waals surface area (Å²) in [6, 6.07) is 0. The fraction of sp³-hybridized carbons (Fsp3) is 0.727. The SMILES string of the molecule is C=C(C)C(=O)OC(CC)CCCC. The van der Waals surface area contributed by atoms with Crippen molar-refractivity contribution in [3.05, 3.63) is 12.2 Å². The standard InChI is InChI=1S/C11H20O2/c1-5-7-8-10(6-2)13-11(12)9(3)4/h10H,3,5-8H2,1-2,4H3. The Morgan fingerprint density at radius 1 is 1.46 bits per heavy atom. The Morgan fingerprint density at radius 2 is 2.08 bits per heavy atom. The first-order valence-corrected chi connectivity index (χ1v) is 4.98. The predicted molar refractivity (Wildman–Crippen MR) is 54.5 cm³/mol. The molecule has 0 aromatic carbocycles. The number of unbranched alkanes of at least 4 members (excludes halogenated alkanes) is 1. The summed E-state index contributed by atoms with van der Waals surface area (Å²) in [6.07, 6.45) is 4.18. The van der Waals surface area contributed by atoms with Crippen LogP contribution in [-0.4, -0.2) is 12.1 Å². The molecule has 0 saturated carbocycles. The molecule has 2 nitrogen and oxygen atoms in total. The van der Waals surface area contributed by atoms with Crippen molar-refractivity contribution in [2.45, 2.75) is 52.6 Å². The highest BCUT2D eigenvalue weighted by Crippen LogP contribution is 2.10. The molecule has 0 aromatic heterocycles. The highest BCUT2D eigenvalue weighted by Gasteiger charge is 2.11. The highest BCUT2D eigenvalue weighted by molar-refractivity contribution is 5.87. The van der Waals surface area contributed by atoms with Crippen molar-refractivity contribution in [2.24, 2.45) is 0 Å². The Hall–Kier alpha value is -0.790. The summed E-state index contributed by atoms with van der Waals surface area (Å²) >= 11 is 0. The fourth-order valence-electron chi connectivity index (χ4n) is 1.03. The molecule has 0 aliphatic heterocycles. The molecule has 0 radical (unpaired) electrons. The molecule has 76 valence electrons. The lowest BCUT2D eigenvalue weighted by Gasteiger charge is -2.15. The van der Waals surface area contributed by atoms with Crippen molar-refractivity contribution >= 4 is 5.97 Å². The molecule has 0 amide bonds. The molecule has 1 unspecified atom stereocenters. The Morgan fingerprint density at radius 3 is 2.46 bits per heavy atom. The van der Waals surface area contributed by atoms with E-state index in [0.717, 1.165) is 25.7 Å². The van der Waals surface area contributed by atoms with Gasteiger partial charge in [-0.3, -0.25) is 0 Å². The van der Waals surface area contributed by atoms with E-state index < -0.39 is 0 Å². The third-order valence-corrected chi connectivity index (χ3v) is 1.96. The van der Waals surface area contributed by atoms with Gasteiger partial charge in [0, 0.05) is 5.57 Å². The second-order valence-corrected chi connectivity index (χ2v) is 3.36. The summed E-state index contributed by atoms with van der Waals surface area (Å²) in [7, 11) is 0. The molecular formula is C11H20O2. The first-order valence-electron chi connectivity index (χ1n) is 4.98. The van der Waals surface area contributed by atoms with Crippen molar-refractivity contribution < 1.29 is 9.53 Å². The van der Waals surface area contributed by atoms with Crippen LogP contribution in [-0.2, 0) is 9.53 Å². The first-order chi connectivity index (χ1) is 6.11. The molecule has 0 heterocycles. The summed E-state index contributed by atoms with van der Waals surface area (Å²) in [5.74, 6) is -0.261. The summed E-state index contributed by atoms with van der Waals surface area (Å²) < 4.78 is 5.22. The molecular weight excluding hydrogens is 164 g/mol. The molecule has 0 rings (SSSR count). The Kier molecular flexibility index (Phi) is 6.29. The molecule has 13 heavy (non-hydrogen) atoms. The second kappa shape index (κ2) is 6.70. The van der Waals surface area contributed by atoms with Crippen LogP contribution < -0.4 is 0 Å². The van der Waals surface area contributed by atoms with E-state index in [9.17, 15) is 4.79 Å². The monoisotopic (exact) mass is 184 g/mol. The minimum atomic E-state index is -0.261. The zero-order valence-electron chi connectivity index (χ0n) is 8.93. The van der Waals surface area contributed by atoms with Crippen molar-refractivity contribution in [3.8, 4) is 0 Å². The van der Waals surface area contributed by atoms with Crippen LogP contribution in [0.1, 0.15) is 46.5 Å². The van der Waals surface area contributed by atoms with Gasteiger partial charge in [-0.25, -0.2) is 4.79 Å². The summed E-state index contributed by atoms with van der Waals surface area (Å²) in [6.45, 7) is 9.39. The molecule has 0 N–H and O–H groups in total. The molecule has 0 fully saturated rings. The number of hydrogen-bond donors (Lipinski definition) is 0. The largest absolute Gasteiger partial charge is 0.459 e. The number of ether oxygens (including phenoxy) is 1. The number of rotatable bonds is 6. The second-order valence-electron chi connectivity index (χ2n) is 3.36. The van der Waals surface area contributed by atoms with E-state index in [1.165, 1.54) is 0 Å². The fourth-order valence-corrected chi connectivity index (χ4v) is 1.03. The van der Waals surface area contributed by atoms with E-state index in [1.54, 1.807) is 6.92 Å². The van der Waals surface area contributed by atoms with Gasteiger partial charge in [-0.1, -0.05) is 33.3 Å². The average molecular weight is 184 g/mol. The molecule has 0 spiro atoms. The highest BCUT2D eigenvalue weighted by atomic mass is 16.5. The molecule has 2 heteroatoms. The van der Waals surface area contributed by atoms with Gasteiger partial charge in [-0.05, 0) is 19.8 Å². The van der Waals surface area contributed by atoms with Gasteiger partial charge in [-0.2, -0.15) is 0 Å². The van der Waals surface area contributed by atoms with Crippen molar-refractivity contribution in [1.82, 2.24) is 0 Å². The topological polar surface area (TPSA) is 26.3 Å². The van der Waals surface area contributed by atoms with Crippen LogP contribution in [0.3, 0.4) is 0 Å². The van der Waals surface area contributed by atoms with Crippen LogP contribution in [0.5, 0.6) is 0 Å². The third-order valence-electron chi connectivity index (χ3n) is 1.96. The number of esters is 1. The van der Waals surface area contributed by atoms with Gasteiger partial charge in [0.2, 0.25) is 0 Å². The minimum Gasteiger partial charge on any atom is -0.459 e. The van der Waals surface area contributed by atoms with Gasteiger partial charge in [0.05, 0.1) is 0 Å². The zero-order valence-corrected chi connectivity index (χ0v) is 8.93. The summed E-state index contributed by atoms with van der Waals surface area (Å²) in [5.41, 5.74) is 0.481. The zero-order chi connectivity index (χ0) is 10.3. The van der Waals surface area contributed by atoms with Gasteiger partial charge in [0.25, 0.3) is 0 Å². The van der Waals surface area contributed by atoms with Gasteiger partial charge in [0.15, 0.2) is 0 Å². The van der Waals surface area contributed by atoms with Crippen LogP contribution in [0.4, 0.5) is 0 Å². The van der Waals surface area contributed by atoms with Crippen molar-refractivity contribution in [2.75, 3.05) is 0 Å². The van der Waals surface area contributed by atoms with E-state index in [0.29, 0.717) is 5.57 Å². The minimum absolute atomic E-state index is 0.0733. The van der Waals surface area contributed by atoms with E-state index in [2.05, 4.69) is 13.5 Å². The van der Waals surface area contributed by atoms with Gasteiger partial charge >= 0.3 is 5.97 Å². The Balaban J connectivity index is 3.83. The maximum Gasteiger partial charge on any atom is 0.333 e. The molecule has 0 bridgehead atoms. The normalized spacial score (nSPS) is 12.2. The van der Waals surface area contributed by atoms with E-state index in [4.69, 9.17) is 4.74 Å². The lowest BCUT2D eigenvalue weighted by molar-refractivity contribution is -0.144. The Bertz CT molecular complexity index is 173. The molecule has 0 saturated heterocycles. The lowest BCUT2D eigenvalue weighted by atomic mass is 10.1. The summed E-state index contributed by atoms with van der Waals surface area (Å²) in [4.78, 5) is 11.2. The Labute approximate surface area is 81.0 Å². The summed E-state index contributed by atoms with van der Waals surface area (Å²) in [5, 5.41) is 0. The maximum atomic E-state index is 11.2. The van der Waals surface area contributed by atoms with Crippen LogP contribution in [0, 0.1) is 0 Å². The number of hydrogen-bond acceptors (Lipinski definition) is 2. The van der Waals surface area contributed by atoms with Crippen LogP contribution in [0.25, 0.3) is 0 Å². The smallest absolute Gasteiger partial charge is 0.333 e. The van der Waals surface area contributed by atoms with Crippen LogP contribution >= 0.6 is 0 Å². The van der Waals surface area contributed by atoms with Gasteiger partial charge in [0.1, 0.15) is 6.10 Å². The number of carbonyl (C=O) groups is 1. The van der Waals surface area contributed by atoms with Crippen molar-refractivity contribution in [1.29, 1.82) is 0 Å². The molecule has 0 aromatic rings. The third kappa shape index (κ3) is 5.45. The van der Waals surface area contributed by atoms with Crippen LogP contribution in [0.15, 0.2) is 12.2 Å². The van der Waals surface area contributed by atoms with Crippen LogP contribution in [0.2, 0.25) is 0 Å². The number of carbonyl (C=O) groups excluding carboxylic acids is 1. The molecule has 0 aliphatic rings. The van der Waals surface area contributed by atoms with E-state index >= 15 is 0 Å². The quantitative estimate of drug-likeness (QED) is 0.468.